The number of carboxylic acids is 1. The fourth-order valence-electron chi connectivity index (χ4n) is 10.2. The molecule has 1 saturated heterocycles. The van der Waals surface area contributed by atoms with Crippen LogP contribution < -0.4 is 37.2 Å². The normalized spacial score (nSPS) is 21.2. The minimum absolute atomic E-state index is 0.106. The van der Waals surface area contributed by atoms with E-state index in [1.165, 1.54) is 12.5 Å². The second kappa shape index (κ2) is 26.4. The number of hydrogen-bond donors (Lipinski definition) is 8. The maximum absolute atomic E-state index is 14.1. The van der Waals surface area contributed by atoms with Gasteiger partial charge in [0.15, 0.2) is 0 Å². The van der Waals surface area contributed by atoms with Gasteiger partial charge in [-0.1, -0.05) is 63.6 Å². The second-order valence-electron chi connectivity index (χ2n) is 23.6. The largest absolute Gasteiger partial charge is 0.481 e. The van der Waals surface area contributed by atoms with Crippen LogP contribution in [0.15, 0.2) is 48.5 Å². The number of rotatable bonds is 25. The molecule has 0 aromatic heterocycles. The van der Waals surface area contributed by atoms with Gasteiger partial charge < -0.3 is 61.1 Å². The molecule has 77 heavy (non-hydrogen) atoms. The van der Waals surface area contributed by atoms with E-state index in [1.807, 2.05) is 12.1 Å². The third kappa shape index (κ3) is 17.7. The first kappa shape index (κ1) is 61.6. The van der Waals surface area contributed by atoms with Crippen LogP contribution in [0.2, 0.25) is 0 Å². The Bertz CT molecular complexity index is 2410. The molecule has 9 atom stereocenters. The van der Waals surface area contributed by atoms with Crippen molar-refractivity contribution in [2.24, 2.45) is 17.3 Å². The number of carboxylic acid groups (broad SMARTS) is 1. The molecule has 6 rings (SSSR count). The lowest BCUT2D eigenvalue weighted by Gasteiger charge is -2.64. The van der Waals surface area contributed by atoms with E-state index in [2.05, 4.69) is 77.0 Å². The number of alkyl carbamates (subject to hydrolysis) is 2. The minimum Gasteiger partial charge on any atom is -0.481 e. The van der Waals surface area contributed by atoms with Crippen LogP contribution in [0, 0.1) is 17.3 Å². The van der Waals surface area contributed by atoms with E-state index in [0.717, 1.165) is 43.2 Å². The van der Waals surface area contributed by atoms with E-state index in [1.54, 1.807) is 72.7 Å². The summed E-state index contributed by atoms with van der Waals surface area (Å²) >= 11 is 0. The molecule has 3 aliphatic carbocycles. The summed E-state index contributed by atoms with van der Waals surface area (Å²) in [5.74, 6) is -4.95. The summed E-state index contributed by atoms with van der Waals surface area (Å²) in [4.78, 5) is 107. The average Bonchev–Trinajstić information content (AvgIpc) is 3.87. The first-order valence-corrected chi connectivity index (χ1v) is 27.2. The van der Waals surface area contributed by atoms with Crippen LogP contribution >= 0.6 is 0 Å². The molecule has 424 valence electrons. The van der Waals surface area contributed by atoms with E-state index >= 15 is 0 Å². The summed E-state index contributed by atoms with van der Waals surface area (Å²) in [5, 5.41) is 28.2. The Morgan fingerprint density at radius 3 is 1.83 bits per heavy atom. The lowest BCUT2D eigenvalue weighted by Crippen LogP contribution is -2.65. The molecule has 2 aromatic rings. The maximum atomic E-state index is 14.1. The molecule has 21 heteroatoms. The van der Waals surface area contributed by atoms with Gasteiger partial charge in [-0.3, -0.25) is 28.8 Å². The molecule has 20 nitrogen and oxygen atoms in total. The zero-order valence-electron chi connectivity index (χ0n) is 47.1. The fraction of sp³-hybridized carbons (Fsp3) is 0.643. The summed E-state index contributed by atoms with van der Waals surface area (Å²) in [6.07, 6.45) is 3.37. The molecular formula is C56H84BN7O13. The Morgan fingerprint density at radius 1 is 0.688 bits per heavy atom. The van der Waals surface area contributed by atoms with Crippen molar-refractivity contribution in [3.8, 4) is 11.1 Å². The molecule has 0 radical (unpaired) electrons. The number of aliphatic carboxylic acids is 1. The molecule has 0 spiro atoms. The monoisotopic (exact) mass is 1070 g/mol. The molecule has 8 N–H and O–H groups in total. The molecule has 2 aromatic carbocycles. The van der Waals surface area contributed by atoms with Crippen LogP contribution in [0.1, 0.15) is 157 Å². The highest BCUT2D eigenvalue weighted by Gasteiger charge is 2.68. The third-order valence-corrected chi connectivity index (χ3v) is 14.7. The van der Waals surface area contributed by atoms with Crippen LogP contribution in [0.5, 0.6) is 0 Å². The number of unbranched alkanes of at least 4 members (excludes halogenated alkanes) is 2. The van der Waals surface area contributed by atoms with Crippen LogP contribution in [0.25, 0.3) is 11.1 Å². The average molecular weight is 1070 g/mol. The van der Waals surface area contributed by atoms with Crippen molar-refractivity contribution in [1.82, 2.24) is 37.2 Å². The summed E-state index contributed by atoms with van der Waals surface area (Å²) in [5.41, 5.74) is 1.20. The number of carbonyl (C=O) groups is 8. The molecule has 4 aliphatic rings. The zero-order valence-corrected chi connectivity index (χ0v) is 47.1. The van der Waals surface area contributed by atoms with Crippen LogP contribution in [0.4, 0.5) is 9.59 Å². The maximum Gasteiger partial charge on any atom is 0.481 e. The lowest BCUT2D eigenvalue weighted by atomic mass is 9.43. The quantitative estimate of drug-likeness (QED) is 0.0411. The van der Waals surface area contributed by atoms with Crippen LogP contribution in [-0.4, -0.2) is 126 Å². The SMILES string of the molecule is CCCCc1ccc(-c2ccc(C(=O)NC(CNC(=O)OC(C)(C)C)C(=O)NC(CCC(=O)O)C(=O)NC(C)C(=O)NC(CCCCNC(=O)OC(C)(C)C)C(=O)NC(C)B3OC4CC5CC(C5(C)C)C4(C)O3)cc2)cc1. The molecule has 9 unspecified atom stereocenters. The summed E-state index contributed by atoms with van der Waals surface area (Å²) in [6, 6.07) is 9.38. The van der Waals surface area contributed by atoms with Crippen molar-refractivity contribution >= 4 is 54.8 Å². The van der Waals surface area contributed by atoms with Crippen molar-refractivity contribution in [2.75, 3.05) is 13.1 Å². The lowest BCUT2D eigenvalue weighted by molar-refractivity contribution is -0.199. The number of benzene rings is 2. The summed E-state index contributed by atoms with van der Waals surface area (Å²) in [6.45, 7) is 21.8. The molecule has 1 aliphatic heterocycles. The molecule has 2 bridgehead atoms. The molecular weight excluding hydrogens is 989 g/mol. The molecule has 4 fully saturated rings. The molecule has 7 amide bonds. The number of aryl methyl sites for hydroxylation is 1. The van der Waals surface area contributed by atoms with Gasteiger partial charge in [0.2, 0.25) is 23.6 Å². The Balaban J connectivity index is 1.26. The number of hydrogen-bond acceptors (Lipinski definition) is 12. The Labute approximate surface area is 454 Å². The van der Waals surface area contributed by atoms with Gasteiger partial charge in [-0.15, -0.1) is 0 Å². The van der Waals surface area contributed by atoms with Gasteiger partial charge in [-0.25, -0.2) is 9.59 Å². The highest BCUT2D eigenvalue weighted by atomic mass is 16.7. The van der Waals surface area contributed by atoms with Crippen molar-refractivity contribution in [1.29, 1.82) is 0 Å². The number of amides is 7. The fourth-order valence-corrected chi connectivity index (χ4v) is 10.2. The van der Waals surface area contributed by atoms with Gasteiger partial charge in [-0.2, -0.15) is 0 Å². The van der Waals surface area contributed by atoms with E-state index in [4.69, 9.17) is 18.8 Å². The number of nitrogens with one attached hydrogen (secondary N) is 7. The van der Waals surface area contributed by atoms with Gasteiger partial charge in [0, 0.05) is 18.5 Å². The molecule has 3 saturated carbocycles. The summed E-state index contributed by atoms with van der Waals surface area (Å²) in [7, 11) is -0.744. The van der Waals surface area contributed by atoms with Crippen LogP contribution in [0.3, 0.4) is 0 Å². The standard InChI is InChI=1S/C56H84BN7O13/c1-13-14-17-35-19-21-36(22-20-35)37-23-25-38(26-24-37)47(68)64-42(32-59-52(73)75-54(7,8)9)50(71)63-41(27-28-45(65)66)48(69)60-33(2)46(67)62-40(18-15-16-29-58-51(72)74-53(4,5)6)49(70)61-34(3)57-76-44-31-39-30-43(55(39,10)11)56(44,12)77-57/h19-26,33-34,39-44H,13-18,27-32H2,1-12H3,(H,58,72)(H,59,73)(H,60,69)(H,61,70)(H,62,67)(H,63,71)(H,64,68)(H,65,66). The third-order valence-electron chi connectivity index (χ3n) is 14.7. The van der Waals surface area contributed by atoms with E-state index in [9.17, 15) is 43.5 Å². The highest BCUT2D eigenvalue weighted by molar-refractivity contribution is 6.47. The van der Waals surface area contributed by atoms with E-state index < -0.39 is 121 Å². The van der Waals surface area contributed by atoms with E-state index in [-0.39, 0.29) is 30.0 Å². The number of carbonyl (C=O) groups excluding carboxylic acids is 7. The topological polar surface area (TPSA) is 278 Å². The first-order valence-electron chi connectivity index (χ1n) is 27.2. The predicted molar refractivity (Wildman–Crippen MR) is 290 cm³/mol. The zero-order chi connectivity index (χ0) is 57.0. The summed E-state index contributed by atoms with van der Waals surface area (Å²) < 4.78 is 23.7. The Kier molecular flexibility index (Phi) is 21.2. The predicted octanol–water partition coefficient (Wildman–Crippen LogP) is 6.13. The Hall–Kier alpha value is -6.22. The van der Waals surface area contributed by atoms with Crippen molar-refractivity contribution in [3.05, 3.63) is 59.7 Å². The van der Waals surface area contributed by atoms with Gasteiger partial charge in [-0.05, 0) is 160 Å². The van der Waals surface area contributed by atoms with Crippen molar-refractivity contribution in [3.63, 3.8) is 0 Å². The van der Waals surface area contributed by atoms with E-state index in [0.29, 0.717) is 24.7 Å². The van der Waals surface area contributed by atoms with Gasteiger partial charge in [0.1, 0.15) is 35.4 Å². The van der Waals surface area contributed by atoms with Gasteiger partial charge in [0.25, 0.3) is 5.91 Å². The highest BCUT2D eigenvalue weighted by Crippen LogP contribution is 2.65. The van der Waals surface area contributed by atoms with Crippen LogP contribution in [-0.2, 0) is 49.2 Å². The minimum atomic E-state index is -1.55. The second-order valence-corrected chi connectivity index (χ2v) is 23.6. The van der Waals surface area contributed by atoms with Crippen molar-refractivity contribution in [2.45, 2.75) is 200 Å². The number of ether oxygens (including phenoxy) is 2. The molecule has 1 heterocycles. The smallest absolute Gasteiger partial charge is 0.481 e. The Morgan fingerprint density at radius 2 is 1.25 bits per heavy atom. The van der Waals surface area contributed by atoms with Gasteiger partial charge in [0.05, 0.1) is 24.2 Å². The first-order chi connectivity index (χ1) is 36.0. The van der Waals surface area contributed by atoms with Gasteiger partial charge >= 0.3 is 25.3 Å². The van der Waals surface area contributed by atoms with Crippen molar-refractivity contribution < 1.29 is 62.2 Å².